The van der Waals surface area contributed by atoms with E-state index in [0.29, 0.717) is 0 Å². The molecule has 0 aromatic rings. The molecule has 4 nitrogen and oxygen atoms in total. The molecule has 16 heavy (non-hydrogen) atoms. The van der Waals surface area contributed by atoms with Crippen LogP contribution in [0.15, 0.2) is 0 Å². The molecule has 0 saturated carbocycles. The van der Waals surface area contributed by atoms with Crippen LogP contribution in [0.2, 0.25) is 0 Å². The number of thioether (sulfide) groups is 1. The zero-order valence-electron chi connectivity index (χ0n) is 9.99. The second kappa shape index (κ2) is 5.66. The first-order chi connectivity index (χ1) is 7.02. The first-order valence-electron chi connectivity index (χ1n) is 4.76. The van der Waals surface area contributed by atoms with Gasteiger partial charge in [-0.2, -0.15) is 0 Å². The van der Waals surface area contributed by atoms with Crippen LogP contribution < -0.4 is 5.32 Å². The second-order valence-corrected chi connectivity index (χ2v) is 5.94. The van der Waals surface area contributed by atoms with E-state index in [2.05, 4.69) is 5.32 Å². The summed E-state index contributed by atoms with van der Waals surface area (Å²) in [5.41, 5.74) is -0.580. The van der Waals surface area contributed by atoms with Gasteiger partial charge in [-0.25, -0.2) is 4.79 Å². The summed E-state index contributed by atoms with van der Waals surface area (Å²) in [6, 6.07) is 0. The predicted molar refractivity (Wildman–Crippen MR) is 66.7 cm³/mol. The Hall–Kier alpha value is -0.580. The Morgan fingerprint density at radius 2 is 1.81 bits per heavy atom. The molecule has 0 bridgehead atoms. The van der Waals surface area contributed by atoms with E-state index in [4.69, 9.17) is 20.4 Å². The normalized spacial score (nSPS) is 12.0. The molecule has 1 N–H and O–H groups in total. The van der Waals surface area contributed by atoms with E-state index in [1.165, 1.54) is 6.92 Å². The van der Waals surface area contributed by atoms with Crippen LogP contribution in [0.4, 0.5) is 4.79 Å². The van der Waals surface area contributed by atoms with E-state index < -0.39 is 16.2 Å². The Balaban J connectivity index is 4.05. The largest absolute Gasteiger partial charge is 0.444 e. The SMILES string of the molecule is [B]C([B])(CNC(=O)OC(C)(C)C)SC(C)=O. The van der Waals surface area contributed by atoms with Crippen molar-refractivity contribution in [3.8, 4) is 0 Å². The molecule has 4 radical (unpaired) electrons. The Bertz CT molecular complexity index is 276. The van der Waals surface area contributed by atoms with Gasteiger partial charge < -0.3 is 10.1 Å². The van der Waals surface area contributed by atoms with Gasteiger partial charge in [0.05, 0.1) is 15.7 Å². The fourth-order valence-corrected chi connectivity index (χ4v) is 1.51. The van der Waals surface area contributed by atoms with Gasteiger partial charge in [-0.3, -0.25) is 4.79 Å². The number of nitrogens with one attached hydrogen (secondary N) is 1. The van der Waals surface area contributed by atoms with Gasteiger partial charge in [-0.1, -0.05) is 11.8 Å². The number of carbonyl (C=O) groups is 2. The number of carbonyl (C=O) groups excluding carboxylic acids is 2. The van der Waals surface area contributed by atoms with Gasteiger partial charge in [0.25, 0.3) is 0 Å². The van der Waals surface area contributed by atoms with Crippen molar-refractivity contribution in [2.24, 2.45) is 0 Å². The molecule has 0 aliphatic heterocycles. The van der Waals surface area contributed by atoms with Crippen molar-refractivity contribution in [1.82, 2.24) is 5.32 Å². The van der Waals surface area contributed by atoms with Crippen molar-refractivity contribution in [2.45, 2.75) is 37.8 Å². The minimum Gasteiger partial charge on any atom is -0.444 e. The van der Waals surface area contributed by atoms with E-state index in [1.54, 1.807) is 20.8 Å². The Morgan fingerprint density at radius 1 is 1.31 bits per heavy atom. The number of ether oxygens (including phenoxy) is 1. The van der Waals surface area contributed by atoms with Crippen molar-refractivity contribution in [3.63, 3.8) is 0 Å². The van der Waals surface area contributed by atoms with E-state index in [9.17, 15) is 9.59 Å². The van der Waals surface area contributed by atoms with E-state index in [0.717, 1.165) is 11.8 Å². The summed E-state index contributed by atoms with van der Waals surface area (Å²) in [7, 11) is 11.2. The highest BCUT2D eigenvalue weighted by atomic mass is 32.2. The maximum absolute atomic E-state index is 11.3. The van der Waals surface area contributed by atoms with Gasteiger partial charge in [0.2, 0.25) is 0 Å². The monoisotopic (exact) mass is 239 g/mol. The van der Waals surface area contributed by atoms with Crippen molar-refractivity contribution in [1.29, 1.82) is 0 Å². The molecule has 0 aromatic carbocycles. The molecule has 0 saturated heterocycles. The number of alkyl carbamates (subject to hydrolysis) is 1. The van der Waals surface area contributed by atoms with Crippen LogP contribution in [-0.2, 0) is 9.53 Å². The molecule has 86 valence electrons. The van der Waals surface area contributed by atoms with Crippen LogP contribution in [0, 0.1) is 0 Å². The lowest BCUT2D eigenvalue weighted by atomic mass is 9.69. The van der Waals surface area contributed by atoms with Crippen LogP contribution in [-0.4, -0.2) is 43.6 Å². The number of hydrogen-bond acceptors (Lipinski definition) is 4. The molecule has 0 heterocycles. The van der Waals surface area contributed by atoms with Gasteiger partial charge in [-0.05, 0) is 25.3 Å². The summed E-state index contributed by atoms with van der Waals surface area (Å²) in [5.74, 6) is 0. The van der Waals surface area contributed by atoms with Crippen LogP contribution >= 0.6 is 11.8 Å². The van der Waals surface area contributed by atoms with Crippen LogP contribution in [0.3, 0.4) is 0 Å². The standard InChI is InChI=1S/C9H15B2NO3S/c1-6(13)16-9(10,11)5-12-7(14)15-8(2,3)4/h5H2,1-4H3,(H,12,14). The number of amides is 1. The molecule has 0 unspecified atom stereocenters. The quantitative estimate of drug-likeness (QED) is 0.739. The lowest BCUT2D eigenvalue weighted by molar-refractivity contribution is -0.109. The van der Waals surface area contributed by atoms with E-state index >= 15 is 0 Å². The summed E-state index contributed by atoms with van der Waals surface area (Å²) in [6.45, 7) is 6.54. The molecule has 0 fully saturated rings. The number of hydrogen-bond donors (Lipinski definition) is 1. The highest BCUT2D eigenvalue weighted by Gasteiger charge is 2.22. The molecule has 0 rings (SSSR count). The molecule has 7 heteroatoms. The average molecular weight is 239 g/mol. The lowest BCUT2D eigenvalue weighted by Gasteiger charge is -2.25. The zero-order valence-corrected chi connectivity index (χ0v) is 10.8. The molecule has 0 atom stereocenters. The lowest BCUT2D eigenvalue weighted by Crippen LogP contribution is -2.43. The summed E-state index contributed by atoms with van der Waals surface area (Å²) in [4.78, 5) is 22.0. The fourth-order valence-electron chi connectivity index (χ4n) is 0.828. The highest BCUT2D eigenvalue weighted by molar-refractivity contribution is 8.16. The van der Waals surface area contributed by atoms with Gasteiger partial charge in [0, 0.05) is 13.5 Å². The molecule has 0 aliphatic rings. The number of rotatable bonds is 3. The smallest absolute Gasteiger partial charge is 0.407 e. The molecule has 0 spiro atoms. The fraction of sp³-hybridized carbons (Fsp3) is 0.778. The van der Waals surface area contributed by atoms with Crippen molar-refractivity contribution >= 4 is 38.7 Å². The van der Waals surface area contributed by atoms with Gasteiger partial charge in [-0.15, -0.1) is 0 Å². The third-order valence-electron chi connectivity index (χ3n) is 1.24. The van der Waals surface area contributed by atoms with Crippen molar-refractivity contribution in [2.75, 3.05) is 6.54 Å². The van der Waals surface area contributed by atoms with Gasteiger partial charge in [0.1, 0.15) is 5.60 Å². The summed E-state index contributed by atoms with van der Waals surface area (Å²) in [5, 5.41) is 2.19. The van der Waals surface area contributed by atoms with Gasteiger partial charge >= 0.3 is 6.09 Å². The third kappa shape index (κ3) is 8.71. The minimum atomic E-state index is -1.32. The van der Waals surface area contributed by atoms with Crippen molar-refractivity contribution < 1.29 is 14.3 Å². The van der Waals surface area contributed by atoms with Crippen LogP contribution in [0.5, 0.6) is 0 Å². The zero-order chi connectivity index (χ0) is 13.0. The molecular formula is C9H15B2NO3S. The summed E-state index contributed by atoms with van der Waals surface area (Å²) < 4.78 is 3.67. The predicted octanol–water partition coefficient (Wildman–Crippen LogP) is 0.782. The van der Waals surface area contributed by atoms with Crippen LogP contribution in [0.1, 0.15) is 27.7 Å². The first kappa shape index (κ1) is 15.4. The highest BCUT2D eigenvalue weighted by Crippen LogP contribution is 2.17. The van der Waals surface area contributed by atoms with Crippen molar-refractivity contribution in [3.05, 3.63) is 0 Å². The second-order valence-electron chi connectivity index (χ2n) is 4.40. The maximum Gasteiger partial charge on any atom is 0.407 e. The maximum atomic E-state index is 11.3. The average Bonchev–Trinajstić information content (AvgIpc) is 1.95. The topological polar surface area (TPSA) is 55.4 Å². The van der Waals surface area contributed by atoms with Gasteiger partial charge in [0.15, 0.2) is 5.12 Å². The van der Waals surface area contributed by atoms with Crippen LogP contribution in [0.25, 0.3) is 0 Å². The Morgan fingerprint density at radius 3 is 2.19 bits per heavy atom. The third-order valence-corrected chi connectivity index (χ3v) is 2.05. The molecule has 0 aromatic heterocycles. The first-order valence-corrected chi connectivity index (χ1v) is 5.58. The van der Waals surface area contributed by atoms with E-state index in [1.807, 2.05) is 0 Å². The summed E-state index contributed by atoms with van der Waals surface area (Å²) >= 11 is 0.763. The summed E-state index contributed by atoms with van der Waals surface area (Å²) in [6.07, 6.45) is -0.614. The molecule has 0 aliphatic carbocycles. The Labute approximate surface area is 103 Å². The molecular weight excluding hydrogens is 224 g/mol. The molecule has 1 amide bonds. The Kier molecular flexibility index (Phi) is 5.45. The minimum absolute atomic E-state index is 0.0494. The van der Waals surface area contributed by atoms with E-state index in [-0.39, 0.29) is 11.7 Å².